The summed E-state index contributed by atoms with van der Waals surface area (Å²) in [5.41, 5.74) is 7.24. The fourth-order valence-electron chi connectivity index (χ4n) is 2.12. The van der Waals surface area contributed by atoms with Crippen molar-refractivity contribution in [3.63, 3.8) is 0 Å². The molecule has 0 aliphatic carbocycles. The van der Waals surface area contributed by atoms with Crippen molar-refractivity contribution < 1.29 is 0 Å². The molecule has 2 N–H and O–H groups in total. The van der Waals surface area contributed by atoms with Gasteiger partial charge < -0.3 is 15.5 Å². The molecule has 98 valence electrons. The fraction of sp³-hybridized carbons (Fsp3) is 0.462. The van der Waals surface area contributed by atoms with Crippen molar-refractivity contribution in [1.82, 2.24) is 9.80 Å². The lowest BCUT2D eigenvalue weighted by atomic mass is 10.1. The minimum absolute atomic E-state index is 0.250. The Morgan fingerprint density at radius 2 is 2.17 bits per heavy atom. The van der Waals surface area contributed by atoms with Gasteiger partial charge >= 0.3 is 0 Å². The molecular formula is C13H19BrN4. The first kappa shape index (κ1) is 13.4. The third-order valence-electron chi connectivity index (χ3n) is 3.15. The van der Waals surface area contributed by atoms with E-state index in [2.05, 4.69) is 63.0 Å². The van der Waals surface area contributed by atoms with Crippen LogP contribution in [0.3, 0.4) is 0 Å². The molecule has 0 amide bonds. The molecular weight excluding hydrogens is 292 g/mol. The highest BCUT2D eigenvalue weighted by molar-refractivity contribution is 9.10. The van der Waals surface area contributed by atoms with Crippen molar-refractivity contribution in [3.05, 3.63) is 34.3 Å². The van der Waals surface area contributed by atoms with Gasteiger partial charge in [0, 0.05) is 17.6 Å². The van der Waals surface area contributed by atoms with Crippen molar-refractivity contribution in [2.45, 2.75) is 6.04 Å². The van der Waals surface area contributed by atoms with E-state index >= 15 is 0 Å². The topological polar surface area (TPSA) is 44.9 Å². The molecule has 1 atom stereocenters. The van der Waals surface area contributed by atoms with E-state index in [0.717, 1.165) is 24.1 Å². The van der Waals surface area contributed by atoms with Crippen LogP contribution in [-0.4, -0.2) is 49.5 Å². The number of hydrogen-bond acceptors (Lipinski definition) is 4. The molecule has 1 aromatic carbocycles. The van der Waals surface area contributed by atoms with E-state index in [-0.39, 0.29) is 6.04 Å². The lowest BCUT2D eigenvalue weighted by Gasteiger charge is -2.28. The SMILES string of the molecule is CN(C)CCN1C(N)=NCC1c1ccccc1Br. The Balaban J connectivity index is 2.15. The Morgan fingerprint density at radius 3 is 2.83 bits per heavy atom. The molecule has 0 spiro atoms. The standard InChI is InChI=1S/C13H19BrN4/c1-17(2)7-8-18-12(9-16-13(18)15)10-5-3-4-6-11(10)14/h3-6,12H,7-9H2,1-2H3,(H2,15,16). The molecule has 0 fully saturated rings. The molecule has 1 heterocycles. The van der Waals surface area contributed by atoms with Crippen LogP contribution in [0, 0.1) is 0 Å². The second kappa shape index (κ2) is 5.71. The molecule has 18 heavy (non-hydrogen) atoms. The van der Waals surface area contributed by atoms with Crippen molar-refractivity contribution in [2.75, 3.05) is 33.7 Å². The first-order valence-corrected chi connectivity index (χ1v) is 6.84. The minimum atomic E-state index is 0.250. The Morgan fingerprint density at radius 1 is 1.44 bits per heavy atom. The van der Waals surface area contributed by atoms with Crippen LogP contribution in [0.5, 0.6) is 0 Å². The van der Waals surface area contributed by atoms with E-state index in [1.54, 1.807) is 0 Å². The summed E-state index contributed by atoms with van der Waals surface area (Å²) in [4.78, 5) is 8.71. The summed E-state index contributed by atoms with van der Waals surface area (Å²) in [6.45, 7) is 2.60. The largest absolute Gasteiger partial charge is 0.370 e. The molecule has 2 rings (SSSR count). The second-order valence-electron chi connectivity index (χ2n) is 4.73. The van der Waals surface area contributed by atoms with Crippen LogP contribution in [0.15, 0.2) is 33.7 Å². The van der Waals surface area contributed by atoms with Gasteiger partial charge in [0.15, 0.2) is 5.96 Å². The van der Waals surface area contributed by atoms with Gasteiger partial charge in [-0.25, -0.2) is 0 Å². The molecule has 0 radical (unpaired) electrons. The van der Waals surface area contributed by atoms with Crippen LogP contribution in [-0.2, 0) is 0 Å². The summed E-state index contributed by atoms with van der Waals surface area (Å²) in [6.07, 6.45) is 0. The van der Waals surface area contributed by atoms with E-state index in [1.165, 1.54) is 5.56 Å². The van der Waals surface area contributed by atoms with Gasteiger partial charge in [0.05, 0.1) is 12.6 Å². The Bertz CT molecular complexity index is 444. The zero-order valence-corrected chi connectivity index (χ0v) is 12.4. The molecule has 1 aliphatic heterocycles. The number of hydrogen-bond donors (Lipinski definition) is 1. The maximum atomic E-state index is 5.99. The van der Waals surface area contributed by atoms with Crippen LogP contribution in [0.25, 0.3) is 0 Å². The summed E-state index contributed by atoms with van der Waals surface area (Å²) in [6, 6.07) is 8.52. The van der Waals surface area contributed by atoms with Crippen LogP contribution in [0.4, 0.5) is 0 Å². The van der Waals surface area contributed by atoms with Gasteiger partial charge in [0.2, 0.25) is 0 Å². The summed E-state index contributed by atoms with van der Waals surface area (Å²) in [7, 11) is 4.13. The number of guanidine groups is 1. The molecule has 1 aromatic rings. The highest BCUT2D eigenvalue weighted by Gasteiger charge is 2.28. The predicted molar refractivity (Wildman–Crippen MR) is 78.6 cm³/mol. The molecule has 1 aliphatic rings. The lowest BCUT2D eigenvalue weighted by molar-refractivity contribution is 0.292. The minimum Gasteiger partial charge on any atom is -0.370 e. The Kier molecular flexibility index (Phi) is 4.24. The third-order valence-corrected chi connectivity index (χ3v) is 3.87. The summed E-state index contributed by atoms with van der Waals surface area (Å²) in [5, 5.41) is 0. The lowest BCUT2D eigenvalue weighted by Crippen LogP contribution is -2.40. The van der Waals surface area contributed by atoms with Gasteiger partial charge in [-0.1, -0.05) is 34.1 Å². The number of nitrogens with zero attached hydrogens (tertiary/aromatic N) is 3. The van der Waals surface area contributed by atoms with Gasteiger partial charge in [0.1, 0.15) is 0 Å². The smallest absolute Gasteiger partial charge is 0.191 e. The first-order valence-electron chi connectivity index (χ1n) is 6.05. The van der Waals surface area contributed by atoms with Gasteiger partial charge in [-0.3, -0.25) is 4.99 Å². The van der Waals surface area contributed by atoms with Crippen molar-refractivity contribution in [3.8, 4) is 0 Å². The first-order chi connectivity index (χ1) is 8.59. The average Bonchev–Trinajstić information content (AvgIpc) is 2.68. The van der Waals surface area contributed by atoms with E-state index in [0.29, 0.717) is 5.96 Å². The maximum absolute atomic E-state index is 5.99. The predicted octanol–water partition coefficient (Wildman–Crippen LogP) is 1.68. The summed E-state index contributed by atoms with van der Waals surface area (Å²) < 4.78 is 1.12. The Hall–Kier alpha value is -1.07. The number of benzene rings is 1. The van der Waals surface area contributed by atoms with Crippen LogP contribution >= 0.6 is 15.9 Å². The number of likely N-dealkylation sites (N-methyl/N-ethyl adjacent to an activating group) is 1. The van der Waals surface area contributed by atoms with E-state index in [9.17, 15) is 0 Å². The van der Waals surface area contributed by atoms with E-state index < -0.39 is 0 Å². The normalized spacial score (nSPS) is 19.4. The van der Waals surface area contributed by atoms with Crippen molar-refractivity contribution in [2.24, 2.45) is 10.7 Å². The van der Waals surface area contributed by atoms with E-state index in [4.69, 9.17) is 5.73 Å². The summed E-state index contributed by atoms with van der Waals surface area (Å²) in [5.74, 6) is 0.651. The molecule has 5 heteroatoms. The second-order valence-corrected chi connectivity index (χ2v) is 5.59. The molecule has 0 saturated carbocycles. The molecule has 0 bridgehead atoms. The van der Waals surface area contributed by atoms with Crippen molar-refractivity contribution >= 4 is 21.9 Å². The van der Waals surface area contributed by atoms with Crippen LogP contribution < -0.4 is 5.73 Å². The third kappa shape index (κ3) is 2.84. The number of aliphatic imine (C=N–C) groups is 1. The number of halogens is 1. The number of rotatable bonds is 4. The molecule has 1 unspecified atom stereocenters. The molecule has 4 nitrogen and oxygen atoms in total. The average molecular weight is 311 g/mol. The molecule has 0 saturated heterocycles. The van der Waals surface area contributed by atoms with Gasteiger partial charge in [0.25, 0.3) is 0 Å². The quantitative estimate of drug-likeness (QED) is 0.920. The summed E-state index contributed by atoms with van der Waals surface area (Å²) >= 11 is 3.60. The zero-order chi connectivity index (χ0) is 13.1. The van der Waals surface area contributed by atoms with Crippen LogP contribution in [0.2, 0.25) is 0 Å². The van der Waals surface area contributed by atoms with E-state index in [1.807, 2.05) is 6.07 Å². The highest BCUT2D eigenvalue weighted by Crippen LogP contribution is 2.30. The number of nitrogens with two attached hydrogens (primary N) is 1. The van der Waals surface area contributed by atoms with Gasteiger partial charge in [-0.2, -0.15) is 0 Å². The fourth-order valence-corrected chi connectivity index (χ4v) is 2.67. The van der Waals surface area contributed by atoms with Crippen LogP contribution in [0.1, 0.15) is 11.6 Å². The Labute approximate surface area is 117 Å². The van der Waals surface area contributed by atoms with Gasteiger partial charge in [-0.05, 0) is 25.7 Å². The maximum Gasteiger partial charge on any atom is 0.191 e. The monoisotopic (exact) mass is 310 g/mol. The zero-order valence-electron chi connectivity index (χ0n) is 10.8. The highest BCUT2D eigenvalue weighted by atomic mass is 79.9. The molecule has 0 aromatic heterocycles. The van der Waals surface area contributed by atoms with Crippen molar-refractivity contribution in [1.29, 1.82) is 0 Å². The van der Waals surface area contributed by atoms with Gasteiger partial charge in [-0.15, -0.1) is 0 Å².